The molecule has 0 radical (unpaired) electrons. The standard InChI is InChI=1S/C29H23Cl2N3O2S/c1-3-16(2)17-11-13-26-25(14-17)32-28(36-26)18-10-12-23(31)24(15-18)33-29(37)34-27(35)21-8-4-7-20-19(21)6-5-9-22(20)30/h4-16H,3H2,1-2H3,(H2,33,34,35,37)/t16-/m1/s1. The molecule has 5 nitrogen and oxygen atoms in total. The van der Waals surface area contributed by atoms with Gasteiger partial charge in [0, 0.05) is 21.5 Å². The number of aromatic nitrogens is 1. The Morgan fingerprint density at radius 1 is 1.00 bits per heavy atom. The van der Waals surface area contributed by atoms with Crippen LogP contribution in [0.5, 0.6) is 0 Å². The van der Waals surface area contributed by atoms with Gasteiger partial charge in [-0.2, -0.15) is 0 Å². The molecule has 0 unspecified atom stereocenters. The molecule has 8 heteroatoms. The Morgan fingerprint density at radius 3 is 2.59 bits per heavy atom. The van der Waals surface area contributed by atoms with Crippen molar-refractivity contribution in [3.05, 3.63) is 94.0 Å². The highest BCUT2D eigenvalue weighted by Gasteiger charge is 2.16. The fraction of sp³-hybridized carbons (Fsp3) is 0.138. The van der Waals surface area contributed by atoms with Gasteiger partial charge in [-0.05, 0) is 78.0 Å². The lowest BCUT2D eigenvalue weighted by atomic mass is 9.98. The summed E-state index contributed by atoms with van der Waals surface area (Å²) in [5, 5.41) is 8.40. The van der Waals surface area contributed by atoms with Gasteiger partial charge in [-0.25, -0.2) is 4.98 Å². The van der Waals surface area contributed by atoms with Crippen LogP contribution in [0.1, 0.15) is 42.1 Å². The molecule has 0 aliphatic rings. The number of nitrogens with one attached hydrogen (secondary N) is 2. The van der Waals surface area contributed by atoms with Crippen molar-refractivity contribution in [3.63, 3.8) is 0 Å². The van der Waals surface area contributed by atoms with Crippen LogP contribution in [0.25, 0.3) is 33.3 Å². The van der Waals surface area contributed by atoms with Gasteiger partial charge >= 0.3 is 0 Å². The van der Waals surface area contributed by atoms with Crippen LogP contribution in [0, 0.1) is 0 Å². The van der Waals surface area contributed by atoms with Crippen LogP contribution in [0.15, 0.2) is 77.2 Å². The van der Waals surface area contributed by atoms with Crippen LogP contribution in [0.2, 0.25) is 10.0 Å². The summed E-state index contributed by atoms with van der Waals surface area (Å²) in [6, 6.07) is 22.3. The van der Waals surface area contributed by atoms with E-state index in [1.807, 2.05) is 24.3 Å². The Labute approximate surface area is 229 Å². The number of hydrogen-bond acceptors (Lipinski definition) is 4. The fourth-order valence-electron chi connectivity index (χ4n) is 4.16. The molecule has 0 bridgehead atoms. The molecule has 5 aromatic rings. The van der Waals surface area contributed by atoms with Gasteiger partial charge < -0.3 is 9.73 Å². The summed E-state index contributed by atoms with van der Waals surface area (Å²) in [5.74, 6) is 0.560. The van der Waals surface area contributed by atoms with E-state index in [9.17, 15) is 4.79 Å². The third-order valence-corrected chi connectivity index (χ3v) is 7.26. The number of halogens is 2. The minimum atomic E-state index is -0.353. The smallest absolute Gasteiger partial charge is 0.258 e. The number of carbonyl (C=O) groups excluding carboxylic acids is 1. The Morgan fingerprint density at radius 2 is 1.78 bits per heavy atom. The van der Waals surface area contributed by atoms with Crippen LogP contribution >= 0.6 is 35.4 Å². The lowest BCUT2D eigenvalue weighted by molar-refractivity contribution is 0.0979. The first-order chi connectivity index (χ1) is 17.8. The Bertz CT molecular complexity index is 1660. The summed E-state index contributed by atoms with van der Waals surface area (Å²) in [6.45, 7) is 4.35. The molecule has 0 saturated carbocycles. The molecule has 5 rings (SSSR count). The number of anilines is 1. The monoisotopic (exact) mass is 547 g/mol. The second-order valence-corrected chi connectivity index (χ2v) is 10.0. The third-order valence-electron chi connectivity index (χ3n) is 6.40. The van der Waals surface area contributed by atoms with E-state index in [1.165, 1.54) is 5.56 Å². The second-order valence-electron chi connectivity index (χ2n) is 8.80. The van der Waals surface area contributed by atoms with E-state index in [-0.39, 0.29) is 11.0 Å². The highest BCUT2D eigenvalue weighted by atomic mass is 35.5. The van der Waals surface area contributed by atoms with Crippen molar-refractivity contribution >= 4 is 74.0 Å². The molecule has 186 valence electrons. The molecule has 0 fully saturated rings. The molecule has 0 aliphatic heterocycles. The lowest BCUT2D eigenvalue weighted by Gasteiger charge is -2.13. The van der Waals surface area contributed by atoms with Gasteiger partial charge in [-0.1, -0.05) is 67.4 Å². The molecule has 37 heavy (non-hydrogen) atoms. The number of hydrogen-bond donors (Lipinski definition) is 2. The zero-order chi connectivity index (χ0) is 26.1. The maximum absolute atomic E-state index is 13.0. The molecular formula is C29H23Cl2N3O2S. The predicted molar refractivity (Wildman–Crippen MR) is 156 cm³/mol. The first-order valence-corrected chi connectivity index (χ1v) is 13.0. The molecule has 0 saturated heterocycles. The number of benzene rings is 4. The molecule has 0 aliphatic carbocycles. The average Bonchev–Trinajstić information content (AvgIpc) is 3.33. The van der Waals surface area contributed by atoms with Gasteiger partial charge in [0.2, 0.25) is 5.89 Å². The highest BCUT2D eigenvalue weighted by Crippen LogP contribution is 2.32. The zero-order valence-electron chi connectivity index (χ0n) is 20.1. The Balaban J connectivity index is 1.36. The van der Waals surface area contributed by atoms with E-state index in [4.69, 9.17) is 39.8 Å². The van der Waals surface area contributed by atoms with Crippen molar-refractivity contribution in [1.82, 2.24) is 10.3 Å². The maximum atomic E-state index is 13.0. The number of rotatable bonds is 5. The van der Waals surface area contributed by atoms with Crippen molar-refractivity contribution in [2.45, 2.75) is 26.2 Å². The summed E-state index contributed by atoms with van der Waals surface area (Å²) >= 11 is 18.1. The second kappa shape index (κ2) is 10.5. The van der Waals surface area contributed by atoms with Gasteiger partial charge in [-0.3, -0.25) is 10.1 Å². The van der Waals surface area contributed by atoms with Crippen molar-refractivity contribution < 1.29 is 9.21 Å². The molecule has 2 N–H and O–H groups in total. The van der Waals surface area contributed by atoms with Crippen molar-refractivity contribution in [2.75, 3.05) is 5.32 Å². The minimum absolute atomic E-state index is 0.110. The molecule has 1 heterocycles. The molecule has 1 amide bonds. The van der Waals surface area contributed by atoms with Crippen LogP contribution in [-0.4, -0.2) is 16.0 Å². The van der Waals surface area contributed by atoms with Gasteiger partial charge in [0.25, 0.3) is 5.91 Å². The number of amides is 1. The Kier molecular flexibility index (Phi) is 7.15. The number of fused-ring (bicyclic) bond motifs is 2. The number of carbonyl (C=O) groups is 1. The van der Waals surface area contributed by atoms with E-state index in [0.29, 0.717) is 38.7 Å². The van der Waals surface area contributed by atoms with Gasteiger partial charge in [0.05, 0.1) is 10.7 Å². The number of oxazole rings is 1. The lowest BCUT2D eigenvalue weighted by Crippen LogP contribution is -2.34. The first-order valence-electron chi connectivity index (χ1n) is 11.8. The molecule has 1 atom stereocenters. The summed E-state index contributed by atoms with van der Waals surface area (Å²) in [4.78, 5) is 17.7. The molecule has 0 spiro atoms. The SMILES string of the molecule is CC[C@@H](C)c1ccc2oc(-c3ccc(Cl)c(NC(=S)NC(=O)c4cccc5c(Cl)cccc45)c3)nc2c1. The summed E-state index contributed by atoms with van der Waals surface area (Å²) in [7, 11) is 0. The largest absolute Gasteiger partial charge is 0.436 e. The van der Waals surface area contributed by atoms with Crippen molar-refractivity contribution in [3.8, 4) is 11.5 Å². The summed E-state index contributed by atoms with van der Waals surface area (Å²) in [6.07, 6.45) is 1.05. The van der Waals surface area contributed by atoms with E-state index in [1.54, 1.807) is 36.4 Å². The van der Waals surface area contributed by atoms with Crippen molar-refractivity contribution in [2.24, 2.45) is 0 Å². The predicted octanol–water partition coefficient (Wildman–Crippen LogP) is 8.60. The van der Waals surface area contributed by atoms with E-state index >= 15 is 0 Å². The number of nitrogens with zero attached hydrogens (tertiary/aromatic N) is 1. The summed E-state index contributed by atoms with van der Waals surface area (Å²) < 4.78 is 6.00. The van der Waals surface area contributed by atoms with Gasteiger partial charge in [-0.15, -0.1) is 0 Å². The van der Waals surface area contributed by atoms with Gasteiger partial charge in [0.15, 0.2) is 10.7 Å². The Hall–Kier alpha value is -3.45. The molecular weight excluding hydrogens is 525 g/mol. The van der Waals surface area contributed by atoms with Crippen LogP contribution < -0.4 is 10.6 Å². The van der Waals surface area contributed by atoms with Crippen LogP contribution in [0.3, 0.4) is 0 Å². The third kappa shape index (κ3) is 5.18. The zero-order valence-corrected chi connectivity index (χ0v) is 22.5. The maximum Gasteiger partial charge on any atom is 0.258 e. The van der Waals surface area contributed by atoms with Crippen molar-refractivity contribution in [1.29, 1.82) is 0 Å². The first kappa shape index (κ1) is 25.2. The molecule has 1 aromatic heterocycles. The minimum Gasteiger partial charge on any atom is -0.436 e. The van der Waals surface area contributed by atoms with E-state index in [0.717, 1.165) is 28.3 Å². The van der Waals surface area contributed by atoms with Gasteiger partial charge in [0.1, 0.15) is 5.52 Å². The fourth-order valence-corrected chi connectivity index (χ4v) is 4.76. The van der Waals surface area contributed by atoms with E-state index in [2.05, 4.69) is 41.6 Å². The molecule has 4 aromatic carbocycles. The summed E-state index contributed by atoms with van der Waals surface area (Å²) in [5.41, 5.74) is 4.45. The highest BCUT2D eigenvalue weighted by molar-refractivity contribution is 7.80. The van der Waals surface area contributed by atoms with Crippen LogP contribution in [0.4, 0.5) is 5.69 Å². The topological polar surface area (TPSA) is 67.2 Å². The average molecular weight is 548 g/mol. The van der Waals surface area contributed by atoms with Crippen LogP contribution in [-0.2, 0) is 0 Å². The quantitative estimate of drug-likeness (QED) is 0.215. The normalized spacial score (nSPS) is 12.0. The van der Waals surface area contributed by atoms with E-state index < -0.39 is 0 Å². The number of thiocarbonyl (C=S) groups is 1.